The smallest absolute Gasteiger partial charge is 0.258 e. The summed E-state index contributed by atoms with van der Waals surface area (Å²) in [4.78, 5) is 26.1. The Labute approximate surface area is 150 Å². The van der Waals surface area contributed by atoms with Gasteiger partial charge in [-0.05, 0) is 55.9 Å². The molecule has 1 N–H and O–H groups in total. The quantitative estimate of drug-likeness (QED) is 0.862. The van der Waals surface area contributed by atoms with Crippen LogP contribution in [-0.2, 0) is 9.59 Å². The summed E-state index contributed by atoms with van der Waals surface area (Å²) >= 11 is 0. The van der Waals surface area contributed by atoms with Gasteiger partial charge in [0.2, 0.25) is 5.91 Å². The molecule has 5 heteroatoms. The highest BCUT2D eigenvalue weighted by atomic mass is 16.5. The van der Waals surface area contributed by atoms with Crippen LogP contribution in [0.25, 0.3) is 0 Å². The van der Waals surface area contributed by atoms with Gasteiger partial charge in [-0.25, -0.2) is 0 Å². The third-order valence-corrected chi connectivity index (χ3v) is 4.64. The van der Waals surface area contributed by atoms with E-state index in [0.717, 1.165) is 18.4 Å². The Bertz CT molecular complexity index is 605. The minimum absolute atomic E-state index is 0.0228. The number of benzene rings is 1. The van der Waals surface area contributed by atoms with Crippen LogP contribution in [0.3, 0.4) is 0 Å². The number of hydrogen-bond acceptors (Lipinski definition) is 3. The number of hydrogen-bond donors (Lipinski definition) is 1. The van der Waals surface area contributed by atoms with E-state index >= 15 is 0 Å². The second-order valence-corrected chi connectivity index (χ2v) is 7.36. The van der Waals surface area contributed by atoms with Crippen LogP contribution in [0.2, 0.25) is 0 Å². The summed E-state index contributed by atoms with van der Waals surface area (Å²) in [6.07, 6.45) is 2.21. The van der Waals surface area contributed by atoms with E-state index in [9.17, 15) is 9.59 Å². The van der Waals surface area contributed by atoms with Gasteiger partial charge < -0.3 is 15.0 Å². The minimum Gasteiger partial charge on any atom is -0.484 e. The third kappa shape index (κ3) is 6.07. The first kappa shape index (κ1) is 19.3. The van der Waals surface area contributed by atoms with E-state index in [2.05, 4.69) is 19.2 Å². The van der Waals surface area contributed by atoms with Crippen molar-refractivity contribution in [3.8, 4) is 5.75 Å². The van der Waals surface area contributed by atoms with E-state index in [4.69, 9.17) is 4.74 Å². The number of amides is 2. The van der Waals surface area contributed by atoms with Gasteiger partial charge in [-0.15, -0.1) is 0 Å². The van der Waals surface area contributed by atoms with Crippen molar-refractivity contribution in [2.24, 2.45) is 5.92 Å². The lowest BCUT2D eigenvalue weighted by atomic mass is 10.0. The lowest BCUT2D eigenvalue weighted by Crippen LogP contribution is -2.47. The molecule has 0 spiro atoms. The summed E-state index contributed by atoms with van der Waals surface area (Å²) < 4.78 is 5.57. The SMILES string of the molecule is Cc1ccc(OCC(=O)NC2CCN(C(=O)CC(C)C)CC2)cc1C. The Morgan fingerprint density at radius 1 is 1.20 bits per heavy atom. The van der Waals surface area contributed by atoms with Crippen LogP contribution in [0.4, 0.5) is 0 Å². The third-order valence-electron chi connectivity index (χ3n) is 4.64. The maximum atomic E-state index is 12.1. The number of nitrogens with one attached hydrogen (secondary N) is 1. The Morgan fingerprint density at radius 3 is 2.48 bits per heavy atom. The van der Waals surface area contributed by atoms with Crippen molar-refractivity contribution in [3.63, 3.8) is 0 Å². The fourth-order valence-electron chi connectivity index (χ4n) is 2.97. The molecule has 0 atom stereocenters. The molecule has 1 aromatic rings. The maximum absolute atomic E-state index is 12.1. The number of carbonyl (C=O) groups excluding carboxylic acids is 2. The zero-order valence-corrected chi connectivity index (χ0v) is 15.8. The highest BCUT2D eigenvalue weighted by molar-refractivity contribution is 5.78. The van der Waals surface area contributed by atoms with Gasteiger partial charge in [-0.3, -0.25) is 9.59 Å². The molecule has 5 nitrogen and oxygen atoms in total. The maximum Gasteiger partial charge on any atom is 0.258 e. The molecule has 2 amide bonds. The molecule has 1 aliphatic rings. The summed E-state index contributed by atoms with van der Waals surface area (Å²) in [6.45, 7) is 9.64. The van der Waals surface area contributed by atoms with Crippen LogP contribution in [0.1, 0.15) is 44.2 Å². The van der Waals surface area contributed by atoms with Gasteiger partial charge in [0.1, 0.15) is 5.75 Å². The van der Waals surface area contributed by atoms with E-state index in [1.165, 1.54) is 5.56 Å². The van der Waals surface area contributed by atoms with Gasteiger partial charge >= 0.3 is 0 Å². The molecule has 0 aromatic heterocycles. The number of nitrogens with zero attached hydrogens (tertiary/aromatic N) is 1. The van der Waals surface area contributed by atoms with Gasteiger partial charge in [0.05, 0.1) is 0 Å². The first-order valence-corrected chi connectivity index (χ1v) is 9.12. The zero-order chi connectivity index (χ0) is 18.4. The van der Waals surface area contributed by atoms with Crippen LogP contribution in [0.5, 0.6) is 5.75 Å². The molecule has 2 rings (SSSR count). The molecule has 0 unspecified atom stereocenters. The van der Waals surface area contributed by atoms with Crippen molar-refractivity contribution in [2.45, 2.75) is 53.0 Å². The zero-order valence-electron chi connectivity index (χ0n) is 15.8. The first-order valence-electron chi connectivity index (χ1n) is 9.12. The van der Waals surface area contributed by atoms with Crippen molar-refractivity contribution in [3.05, 3.63) is 29.3 Å². The molecular formula is C20H30N2O3. The molecule has 0 saturated carbocycles. The van der Waals surface area contributed by atoms with Gasteiger partial charge in [0, 0.05) is 25.6 Å². The molecule has 25 heavy (non-hydrogen) atoms. The number of ether oxygens (including phenoxy) is 1. The van der Waals surface area contributed by atoms with Crippen molar-refractivity contribution in [1.29, 1.82) is 0 Å². The molecule has 138 valence electrons. The normalized spacial score (nSPS) is 15.3. The molecule has 0 bridgehead atoms. The molecule has 0 aliphatic carbocycles. The van der Waals surface area contributed by atoms with Crippen LogP contribution in [0.15, 0.2) is 18.2 Å². The molecule has 1 aromatic carbocycles. The monoisotopic (exact) mass is 346 g/mol. The minimum atomic E-state index is -0.106. The molecular weight excluding hydrogens is 316 g/mol. The van der Waals surface area contributed by atoms with Gasteiger partial charge in [-0.2, -0.15) is 0 Å². The first-order chi connectivity index (χ1) is 11.8. The van der Waals surface area contributed by atoms with Crippen molar-refractivity contribution in [1.82, 2.24) is 10.2 Å². The second kappa shape index (κ2) is 8.88. The van der Waals surface area contributed by atoms with E-state index in [1.54, 1.807) is 0 Å². The molecule has 1 fully saturated rings. The van der Waals surface area contributed by atoms with Crippen molar-refractivity contribution < 1.29 is 14.3 Å². The Morgan fingerprint density at radius 2 is 1.88 bits per heavy atom. The largest absolute Gasteiger partial charge is 0.484 e. The lowest BCUT2D eigenvalue weighted by molar-refractivity contribution is -0.133. The highest BCUT2D eigenvalue weighted by Crippen LogP contribution is 2.17. The molecule has 1 aliphatic heterocycles. The highest BCUT2D eigenvalue weighted by Gasteiger charge is 2.24. The topological polar surface area (TPSA) is 58.6 Å². The summed E-state index contributed by atoms with van der Waals surface area (Å²) in [5.74, 6) is 1.21. The summed E-state index contributed by atoms with van der Waals surface area (Å²) in [7, 11) is 0. The van der Waals surface area contributed by atoms with Crippen molar-refractivity contribution in [2.75, 3.05) is 19.7 Å². The summed E-state index contributed by atoms with van der Waals surface area (Å²) in [6, 6.07) is 5.95. The molecule has 1 heterocycles. The van der Waals surface area contributed by atoms with E-state index in [0.29, 0.717) is 31.2 Å². The number of carbonyl (C=O) groups is 2. The Hall–Kier alpha value is -2.04. The lowest BCUT2D eigenvalue weighted by Gasteiger charge is -2.32. The van der Waals surface area contributed by atoms with E-state index in [1.807, 2.05) is 36.9 Å². The van der Waals surface area contributed by atoms with Crippen LogP contribution in [0, 0.1) is 19.8 Å². The predicted octanol–water partition coefficient (Wildman–Crippen LogP) is 2.84. The average molecular weight is 346 g/mol. The van der Waals surface area contributed by atoms with Gasteiger partial charge in [0.25, 0.3) is 5.91 Å². The van der Waals surface area contributed by atoms with Crippen LogP contribution >= 0.6 is 0 Å². The summed E-state index contributed by atoms with van der Waals surface area (Å²) in [5.41, 5.74) is 2.35. The Kier molecular flexibility index (Phi) is 6.85. The van der Waals surface area contributed by atoms with Crippen molar-refractivity contribution >= 4 is 11.8 Å². The second-order valence-electron chi connectivity index (χ2n) is 7.36. The molecule has 1 saturated heterocycles. The fraction of sp³-hybridized carbons (Fsp3) is 0.600. The van der Waals surface area contributed by atoms with Gasteiger partial charge in [0.15, 0.2) is 6.61 Å². The van der Waals surface area contributed by atoms with Crippen LogP contribution in [-0.4, -0.2) is 42.5 Å². The van der Waals surface area contributed by atoms with E-state index in [-0.39, 0.29) is 24.5 Å². The average Bonchev–Trinajstić information content (AvgIpc) is 2.56. The van der Waals surface area contributed by atoms with Crippen LogP contribution < -0.4 is 10.1 Å². The van der Waals surface area contributed by atoms with E-state index < -0.39 is 0 Å². The number of likely N-dealkylation sites (tertiary alicyclic amines) is 1. The number of rotatable bonds is 6. The predicted molar refractivity (Wildman–Crippen MR) is 98.6 cm³/mol. The standard InChI is InChI=1S/C20H30N2O3/c1-14(2)11-20(24)22-9-7-17(8-10-22)21-19(23)13-25-18-6-5-15(3)16(4)12-18/h5-6,12,14,17H,7-11,13H2,1-4H3,(H,21,23). The fourth-order valence-corrected chi connectivity index (χ4v) is 2.97. The Balaban J connectivity index is 1.71. The number of aryl methyl sites for hydroxylation is 2. The van der Waals surface area contributed by atoms with Gasteiger partial charge in [-0.1, -0.05) is 19.9 Å². The molecule has 0 radical (unpaired) electrons. The number of piperidine rings is 1. The summed E-state index contributed by atoms with van der Waals surface area (Å²) in [5, 5.41) is 3.01.